The van der Waals surface area contributed by atoms with Crippen molar-refractivity contribution in [3.8, 4) is 11.3 Å². The molecule has 19 heavy (non-hydrogen) atoms. The average Bonchev–Trinajstić information content (AvgIpc) is 2.98. The van der Waals surface area contributed by atoms with Crippen molar-refractivity contribution in [2.24, 2.45) is 7.05 Å². The van der Waals surface area contributed by atoms with Crippen LogP contribution >= 0.6 is 15.9 Å². The Hall–Kier alpha value is -1.13. The van der Waals surface area contributed by atoms with Gasteiger partial charge in [-0.25, -0.2) is 4.98 Å². The highest BCUT2D eigenvalue weighted by atomic mass is 79.9. The third-order valence-corrected chi connectivity index (χ3v) is 4.73. The Morgan fingerprint density at radius 1 is 1.32 bits per heavy atom. The highest BCUT2D eigenvalue weighted by molar-refractivity contribution is 9.10. The van der Waals surface area contributed by atoms with E-state index in [0.29, 0.717) is 0 Å². The Labute approximate surface area is 122 Å². The zero-order valence-corrected chi connectivity index (χ0v) is 12.9. The molecule has 3 rings (SSSR count). The summed E-state index contributed by atoms with van der Waals surface area (Å²) in [6.07, 6.45) is 3.72. The van der Waals surface area contributed by atoms with Gasteiger partial charge in [0.1, 0.15) is 16.1 Å². The summed E-state index contributed by atoms with van der Waals surface area (Å²) in [6, 6.07) is 6.76. The molecule has 3 nitrogen and oxygen atoms in total. The lowest BCUT2D eigenvalue weighted by atomic mass is 10.0. The number of aryl methyl sites for hydroxylation is 2. The molecular weight excluding hydrogens is 302 g/mol. The molecule has 0 bridgehead atoms. The smallest absolute Gasteiger partial charge is 0.124 e. The van der Waals surface area contributed by atoms with Gasteiger partial charge < -0.3 is 9.88 Å². The van der Waals surface area contributed by atoms with E-state index in [9.17, 15) is 0 Å². The molecule has 2 aromatic rings. The maximum Gasteiger partial charge on any atom is 0.124 e. The quantitative estimate of drug-likeness (QED) is 0.942. The van der Waals surface area contributed by atoms with Crippen LogP contribution in [0.4, 0.5) is 0 Å². The third kappa shape index (κ3) is 2.23. The van der Waals surface area contributed by atoms with E-state index in [1.165, 1.54) is 36.0 Å². The van der Waals surface area contributed by atoms with Crippen molar-refractivity contribution in [1.82, 2.24) is 14.9 Å². The molecule has 1 aliphatic carbocycles. The van der Waals surface area contributed by atoms with Gasteiger partial charge in [0.05, 0.1) is 6.54 Å². The average molecular weight is 320 g/mol. The van der Waals surface area contributed by atoms with Crippen LogP contribution in [0, 0.1) is 0 Å². The van der Waals surface area contributed by atoms with Crippen LogP contribution in [-0.2, 0) is 26.4 Å². The number of aromatic nitrogens is 2. The first-order valence-corrected chi connectivity index (χ1v) is 7.48. The van der Waals surface area contributed by atoms with Gasteiger partial charge in [-0.3, -0.25) is 0 Å². The second-order valence-corrected chi connectivity index (χ2v) is 5.84. The van der Waals surface area contributed by atoms with Crippen LogP contribution < -0.4 is 5.32 Å². The van der Waals surface area contributed by atoms with Crippen molar-refractivity contribution < 1.29 is 0 Å². The summed E-state index contributed by atoms with van der Waals surface area (Å²) >= 11 is 3.66. The highest BCUT2D eigenvalue weighted by Crippen LogP contribution is 2.32. The maximum absolute atomic E-state index is 4.75. The van der Waals surface area contributed by atoms with E-state index in [4.69, 9.17) is 4.98 Å². The van der Waals surface area contributed by atoms with Gasteiger partial charge in [-0.05, 0) is 59.4 Å². The molecule has 1 aliphatic rings. The lowest BCUT2D eigenvalue weighted by molar-refractivity contribution is 0.704. The van der Waals surface area contributed by atoms with Crippen LogP contribution in [0.2, 0.25) is 0 Å². The number of benzene rings is 1. The molecule has 0 amide bonds. The first-order chi connectivity index (χ1) is 9.20. The molecule has 0 spiro atoms. The zero-order chi connectivity index (χ0) is 13.4. The van der Waals surface area contributed by atoms with Gasteiger partial charge >= 0.3 is 0 Å². The number of halogens is 1. The summed E-state index contributed by atoms with van der Waals surface area (Å²) in [5.41, 5.74) is 5.25. The molecule has 1 aromatic carbocycles. The zero-order valence-electron chi connectivity index (χ0n) is 11.3. The van der Waals surface area contributed by atoms with Crippen LogP contribution in [0.25, 0.3) is 11.3 Å². The number of nitrogens with one attached hydrogen (secondary N) is 1. The molecule has 0 aliphatic heterocycles. The SMILES string of the molecule is CNCc1nc(-c2ccc3c(c2)CCC3)c(Br)n1C. The largest absolute Gasteiger partial charge is 0.324 e. The molecule has 1 aromatic heterocycles. The molecule has 100 valence electrons. The Bertz CT molecular complexity index is 616. The van der Waals surface area contributed by atoms with E-state index in [0.717, 1.165) is 22.7 Å². The normalized spacial score (nSPS) is 13.8. The summed E-state index contributed by atoms with van der Waals surface area (Å²) in [7, 11) is 3.98. The summed E-state index contributed by atoms with van der Waals surface area (Å²) in [6.45, 7) is 0.778. The number of hydrogen-bond acceptors (Lipinski definition) is 2. The minimum absolute atomic E-state index is 0.778. The van der Waals surface area contributed by atoms with Crippen molar-refractivity contribution >= 4 is 15.9 Å². The topological polar surface area (TPSA) is 29.9 Å². The van der Waals surface area contributed by atoms with Crippen molar-refractivity contribution in [3.63, 3.8) is 0 Å². The highest BCUT2D eigenvalue weighted by Gasteiger charge is 2.16. The van der Waals surface area contributed by atoms with Gasteiger partial charge in [-0.1, -0.05) is 12.1 Å². The summed E-state index contributed by atoms with van der Waals surface area (Å²) in [5.74, 6) is 1.05. The Balaban J connectivity index is 2.04. The standard InChI is InChI=1S/C15H18BrN3/c1-17-9-13-18-14(15(16)19(13)2)12-7-6-10-4-3-5-11(10)8-12/h6-8,17H,3-5,9H2,1-2H3. The third-order valence-electron chi connectivity index (χ3n) is 3.82. The Morgan fingerprint density at radius 3 is 2.89 bits per heavy atom. The molecule has 0 unspecified atom stereocenters. The van der Waals surface area contributed by atoms with E-state index in [-0.39, 0.29) is 0 Å². The second kappa shape index (κ2) is 5.10. The van der Waals surface area contributed by atoms with Crippen LogP contribution in [0.1, 0.15) is 23.4 Å². The maximum atomic E-state index is 4.75. The summed E-state index contributed by atoms with van der Waals surface area (Å²) < 4.78 is 3.15. The molecule has 4 heteroatoms. The van der Waals surface area contributed by atoms with E-state index < -0.39 is 0 Å². The van der Waals surface area contributed by atoms with Crippen molar-refractivity contribution in [2.45, 2.75) is 25.8 Å². The number of hydrogen-bond donors (Lipinski definition) is 1. The van der Waals surface area contributed by atoms with Crippen LogP contribution in [0.3, 0.4) is 0 Å². The minimum atomic E-state index is 0.778. The van der Waals surface area contributed by atoms with Gasteiger partial charge in [0, 0.05) is 12.6 Å². The predicted octanol–water partition coefficient (Wildman–Crippen LogP) is 3.06. The van der Waals surface area contributed by atoms with E-state index in [1.54, 1.807) is 0 Å². The van der Waals surface area contributed by atoms with E-state index in [2.05, 4.69) is 44.0 Å². The second-order valence-electron chi connectivity index (χ2n) is 5.09. The molecule has 0 atom stereocenters. The summed E-state index contributed by atoms with van der Waals surface area (Å²) in [5, 5.41) is 3.15. The molecule has 1 heterocycles. The fourth-order valence-corrected chi connectivity index (χ4v) is 3.26. The van der Waals surface area contributed by atoms with Gasteiger partial charge in [-0.2, -0.15) is 0 Å². The Kier molecular flexibility index (Phi) is 3.46. The molecule has 0 fully saturated rings. The molecule has 0 saturated heterocycles. The van der Waals surface area contributed by atoms with Gasteiger partial charge in [0.15, 0.2) is 0 Å². The van der Waals surface area contributed by atoms with Crippen LogP contribution in [0.15, 0.2) is 22.8 Å². The van der Waals surface area contributed by atoms with E-state index in [1.807, 2.05) is 14.1 Å². The number of fused-ring (bicyclic) bond motifs is 1. The van der Waals surface area contributed by atoms with Crippen molar-refractivity contribution in [1.29, 1.82) is 0 Å². The Morgan fingerprint density at radius 2 is 2.11 bits per heavy atom. The van der Waals surface area contributed by atoms with Crippen molar-refractivity contribution in [2.75, 3.05) is 7.05 Å². The first kappa shape index (κ1) is 12.9. The number of imidazole rings is 1. The lowest BCUT2D eigenvalue weighted by Gasteiger charge is -2.03. The number of rotatable bonds is 3. The first-order valence-electron chi connectivity index (χ1n) is 6.68. The fourth-order valence-electron chi connectivity index (χ4n) is 2.74. The van der Waals surface area contributed by atoms with Gasteiger partial charge in [0.2, 0.25) is 0 Å². The van der Waals surface area contributed by atoms with Crippen molar-refractivity contribution in [3.05, 3.63) is 39.8 Å². The minimum Gasteiger partial charge on any atom is -0.324 e. The lowest BCUT2D eigenvalue weighted by Crippen LogP contribution is -2.10. The van der Waals surface area contributed by atoms with Crippen LogP contribution in [-0.4, -0.2) is 16.6 Å². The molecule has 1 N–H and O–H groups in total. The number of nitrogens with zero attached hydrogens (tertiary/aromatic N) is 2. The molecule has 0 radical (unpaired) electrons. The van der Waals surface area contributed by atoms with E-state index >= 15 is 0 Å². The van der Waals surface area contributed by atoms with Gasteiger partial charge in [-0.15, -0.1) is 0 Å². The monoisotopic (exact) mass is 319 g/mol. The summed E-state index contributed by atoms with van der Waals surface area (Å²) in [4.78, 5) is 4.75. The molecular formula is C15H18BrN3. The predicted molar refractivity (Wildman–Crippen MR) is 81.1 cm³/mol. The van der Waals surface area contributed by atoms with Gasteiger partial charge in [0.25, 0.3) is 0 Å². The fraction of sp³-hybridized carbons (Fsp3) is 0.400. The van der Waals surface area contributed by atoms with Crippen LogP contribution in [0.5, 0.6) is 0 Å². The molecule has 0 saturated carbocycles.